The molecule has 0 spiro atoms. The molecule has 0 unspecified atom stereocenters. The fourth-order valence-corrected chi connectivity index (χ4v) is 3.61. The van der Waals surface area contributed by atoms with E-state index in [-0.39, 0.29) is 6.42 Å². The normalized spacial score (nSPS) is 11.0. The summed E-state index contributed by atoms with van der Waals surface area (Å²) in [6, 6.07) is 21.6. The molecule has 0 aliphatic rings. The zero-order chi connectivity index (χ0) is 19.7. The van der Waals surface area contributed by atoms with Gasteiger partial charge in [0.1, 0.15) is 0 Å². The molecule has 1 heterocycles. The number of carboxylic acids is 1. The SMILES string of the molecule is Nc1cc(N)cc(-c2ccc3c(CC(=O)O)cn(Cc4ccccc4)c3c2)c1. The summed E-state index contributed by atoms with van der Waals surface area (Å²) in [5.74, 6) is -0.841. The third kappa shape index (κ3) is 3.55. The molecule has 0 aliphatic heterocycles. The van der Waals surface area contributed by atoms with E-state index in [0.717, 1.165) is 33.2 Å². The van der Waals surface area contributed by atoms with Crippen molar-refractivity contribution >= 4 is 28.2 Å². The highest BCUT2D eigenvalue weighted by atomic mass is 16.4. The van der Waals surface area contributed by atoms with E-state index >= 15 is 0 Å². The molecule has 0 saturated carbocycles. The molecule has 0 bridgehead atoms. The zero-order valence-corrected chi connectivity index (χ0v) is 15.3. The van der Waals surface area contributed by atoms with Crippen molar-refractivity contribution in [3.05, 3.63) is 84.1 Å². The van der Waals surface area contributed by atoms with Crippen LogP contribution in [0.15, 0.2) is 72.9 Å². The molecule has 140 valence electrons. The Morgan fingerprint density at radius 2 is 1.61 bits per heavy atom. The lowest BCUT2D eigenvalue weighted by atomic mass is 10.0. The minimum absolute atomic E-state index is 0.0110. The molecule has 0 radical (unpaired) electrons. The maximum atomic E-state index is 11.3. The van der Waals surface area contributed by atoms with Crippen LogP contribution in [0.25, 0.3) is 22.0 Å². The number of nitrogens with two attached hydrogens (primary N) is 2. The van der Waals surface area contributed by atoms with Crippen LogP contribution in [0.5, 0.6) is 0 Å². The van der Waals surface area contributed by atoms with Gasteiger partial charge in [0.25, 0.3) is 0 Å². The van der Waals surface area contributed by atoms with Crippen LogP contribution in [-0.4, -0.2) is 15.6 Å². The largest absolute Gasteiger partial charge is 0.481 e. The van der Waals surface area contributed by atoms with Gasteiger partial charge in [-0.1, -0.05) is 42.5 Å². The number of fused-ring (bicyclic) bond motifs is 1. The fraction of sp³-hybridized carbons (Fsp3) is 0.0870. The van der Waals surface area contributed by atoms with Crippen LogP contribution < -0.4 is 11.5 Å². The zero-order valence-electron chi connectivity index (χ0n) is 15.3. The molecule has 0 saturated heterocycles. The topological polar surface area (TPSA) is 94.3 Å². The summed E-state index contributed by atoms with van der Waals surface area (Å²) in [6.07, 6.45) is 1.92. The Hall–Kier alpha value is -3.73. The number of anilines is 2. The highest BCUT2D eigenvalue weighted by molar-refractivity contribution is 5.91. The molecule has 4 aromatic rings. The maximum absolute atomic E-state index is 11.3. The van der Waals surface area contributed by atoms with Gasteiger partial charge < -0.3 is 21.1 Å². The van der Waals surface area contributed by atoms with E-state index in [0.29, 0.717) is 17.9 Å². The molecule has 0 aliphatic carbocycles. The Bertz CT molecular complexity index is 1140. The van der Waals surface area contributed by atoms with E-state index in [1.165, 1.54) is 0 Å². The maximum Gasteiger partial charge on any atom is 0.307 e. The molecule has 5 nitrogen and oxygen atoms in total. The second-order valence-electron chi connectivity index (χ2n) is 6.96. The van der Waals surface area contributed by atoms with Gasteiger partial charge in [0, 0.05) is 35.0 Å². The highest BCUT2D eigenvalue weighted by Gasteiger charge is 2.13. The number of carbonyl (C=O) groups is 1. The van der Waals surface area contributed by atoms with Crippen LogP contribution in [0.1, 0.15) is 11.1 Å². The van der Waals surface area contributed by atoms with Gasteiger partial charge in [-0.2, -0.15) is 0 Å². The Labute approximate surface area is 162 Å². The van der Waals surface area contributed by atoms with Gasteiger partial charge in [0.2, 0.25) is 0 Å². The molecular weight excluding hydrogens is 350 g/mol. The molecule has 0 fully saturated rings. The summed E-state index contributed by atoms with van der Waals surface area (Å²) in [5, 5.41) is 10.2. The van der Waals surface area contributed by atoms with Crippen molar-refractivity contribution in [1.82, 2.24) is 4.57 Å². The number of nitrogens with zero attached hydrogens (tertiary/aromatic N) is 1. The minimum atomic E-state index is -0.841. The summed E-state index contributed by atoms with van der Waals surface area (Å²) in [7, 11) is 0. The van der Waals surface area contributed by atoms with E-state index in [9.17, 15) is 9.90 Å². The van der Waals surface area contributed by atoms with E-state index in [1.807, 2.05) is 48.7 Å². The third-order valence-electron chi connectivity index (χ3n) is 4.81. The standard InChI is InChI=1S/C23H21N3O2/c24-19-8-17(9-20(25)12-19)16-6-7-21-18(11-23(27)28)14-26(22(21)10-16)13-15-4-2-1-3-5-15/h1-10,12,14H,11,13,24-25H2,(H,27,28). The monoisotopic (exact) mass is 371 g/mol. The van der Waals surface area contributed by atoms with Gasteiger partial charge in [-0.05, 0) is 46.5 Å². The van der Waals surface area contributed by atoms with Gasteiger partial charge in [0.05, 0.1) is 6.42 Å². The van der Waals surface area contributed by atoms with Crippen LogP contribution in [0, 0.1) is 0 Å². The number of rotatable bonds is 5. The molecule has 5 heteroatoms. The van der Waals surface area contributed by atoms with Crippen LogP contribution in [0.4, 0.5) is 11.4 Å². The van der Waals surface area contributed by atoms with Crippen molar-refractivity contribution in [2.75, 3.05) is 11.5 Å². The number of nitrogen functional groups attached to an aromatic ring is 2. The van der Waals surface area contributed by atoms with Crippen LogP contribution >= 0.6 is 0 Å². The summed E-state index contributed by atoms with van der Waals surface area (Å²) in [4.78, 5) is 11.3. The lowest BCUT2D eigenvalue weighted by Gasteiger charge is -2.09. The smallest absolute Gasteiger partial charge is 0.307 e. The predicted molar refractivity (Wildman–Crippen MR) is 113 cm³/mol. The fourth-order valence-electron chi connectivity index (χ4n) is 3.61. The van der Waals surface area contributed by atoms with Crippen molar-refractivity contribution < 1.29 is 9.90 Å². The molecule has 1 aromatic heterocycles. The van der Waals surface area contributed by atoms with Crippen molar-refractivity contribution in [2.24, 2.45) is 0 Å². The molecule has 0 amide bonds. The molecular formula is C23H21N3O2. The van der Waals surface area contributed by atoms with E-state index in [4.69, 9.17) is 11.5 Å². The first kappa shape index (κ1) is 17.7. The summed E-state index contributed by atoms with van der Waals surface area (Å²) in [6.45, 7) is 0.666. The van der Waals surface area contributed by atoms with E-state index in [2.05, 4.69) is 22.8 Å². The van der Waals surface area contributed by atoms with Crippen molar-refractivity contribution in [3.8, 4) is 11.1 Å². The number of hydrogen-bond donors (Lipinski definition) is 3. The minimum Gasteiger partial charge on any atom is -0.481 e. The number of carboxylic acid groups (broad SMARTS) is 1. The first-order valence-electron chi connectivity index (χ1n) is 9.03. The summed E-state index contributed by atoms with van der Waals surface area (Å²) < 4.78 is 2.10. The number of hydrogen-bond acceptors (Lipinski definition) is 3. The Morgan fingerprint density at radius 3 is 2.29 bits per heavy atom. The van der Waals surface area contributed by atoms with Crippen LogP contribution in [-0.2, 0) is 17.8 Å². The quantitative estimate of drug-likeness (QED) is 0.459. The summed E-state index contributed by atoms with van der Waals surface area (Å²) >= 11 is 0. The third-order valence-corrected chi connectivity index (χ3v) is 4.81. The van der Waals surface area contributed by atoms with Crippen molar-refractivity contribution in [3.63, 3.8) is 0 Å². The molecule has 3 aromatic carbocycles. The first-order valence-corrected chi connectivity index (χ1v) is 9.03. The lowest BCUT2D eigenvalue weighted by Crippen LogP contribution is -2.00. The highest BCUT2D eigenvalue weighted by Crippen LogP contribution is 2.31. The first-order chi connectivity index (χ1) is 13.5. The average molecular weight is 371 g/mol. The number of benzene rings is 3. The number of aliphatic carboxylic acids is 1. The van der Waals surface area contributed by atoms with E-state index < -0.39 is 5.97 Å². The Morgan fingerprint density at radius 1 is 0.893 bits per heavy atom. The van der Waals surface area contributed by atoms with Crippen LogP contribution in [0.3, 0.4) is 0 Å². The van der Waals surface area contributed by atoms with Crippen molar-refractivity contribution in [2.45, 2.75) is 13.0 Å². The van der Waals surface area contributed by atoms with E-state index in [1.54, 1.807) is 6.07 Å². The molecule has 4 rings (SSSR count). The lowest BCUT2D eigenvalue weighted by molar-refractivity contribution is -0.136. The van der Waals surface area contributed by atoms with Gasteiger partial charge >= 0.3 is 5.97 Å². The average Bonchev–Trinajstić information content (AvgIpc) is 2.98. The molecule has 28 heavy (non-hydrogen) atoms. The summed E-state index contributed by atoms with van der Waals surface area (Å²) in [5.41, 5.74) is 18.0. The predicted octanol–water partition coefficient (Wildman–Crippen LogP) is 4.15. The second kappa shape index (κ2) is 7.12. The Balaban J connectivity index is 1.85. The molecule has 0 atom stereocenters. The van der Waals surface area contributed by atoms with Gasteiger partial charge in [-0.3, -0.25) is 4.79 Å². The van der Waals surface area contributed by atoms with Crippen molar-refractivity contribution in [1.29, 1.82) is 0 Å². The van der Waals surface area contributed by atoms with Gasteiger partial charge in [0.15, 0.2) is 0 Å². The molecule has 5 N–H and O–H groups in total. The van der Waals surface area contributed by atoms with Gasteiger partial charge in [-0.15, -0.1) is 0 Å². The number of aromatic nitrogens is 1. The van der Waals surface area contributed by atoms with Crippen LogP contribution in [0.2, 0.25) is 0 Å². The second-order valence-corrected chi connectivity index (χ2v) is 6.96. The van der Waals surface area contributed by atoms with Gasteiger partial charge in [-0.25, -0.2) is 0 Å². The Kier molecular flexibility index (Phi) is 4.49.